The van der Waals surface area contributed by atoms with Gasteiger partial charge in [-0.15, -0.1) is 0 Å². The van der Waals surface area contributed by atoms with Crippen LogP contribution in [-0.2, 0) is 23.1 Å². The van der Waals surface area contributed by atoms with Crippen LogP contribution in [0.1, 0.15) is 71.1 Å². The van der Waals surface area contributed by atoms with Crippen LogP contribution >= 0.6 is 7.82 Å². The number of aliphatic hydroxyl groups is 3. The van der Waals surface area contributed by atoms with Gasteiger partial charge in [-0.2, -0.15) is 0 Å². The highest BCUT2D eigenvalue weighted by atomic mass is 31.2. The predicted molar refractivity (Wildman–Crippen MR) is 113 cm³/mol. The van der Waals surface area contributed by atoms with E-state index in [-0.39, 0.29) is 6.42 Å². The Labute approximate surface area is 179 Å². The van der Waals surface area contributed by atoms with Gasteiger partial charge in [0.2, 0.25) is 0 Å². The molecule has 4 N–H and O–H groups in total. The highest BCUT2D eigenvalue weighted by Crippen LogP contribution is 2.43. The number of phosphoric acid groups is 1. The molecule has 1 unspecified atom stereocenters. The van der Waals surface area contributed by atoms with Crippen LogP contribution in [0, 0.1) is 0 Å². The number of unbranched alkanes of at least 4 members (excludes halogenated alkanes) is 7. The topological polar surface area (TPSA) is 143 Å². The minimum absolute atomic E-state index is 0.203. The van der Waals surface area contributed by atoms with Gasteiger partial charge in [0.25, 0.3) is 0 Å². The second kappa shape index (κ2) is 18.9. The number of allylic oxidation sites excluding steroid dienone is 2. The van der Waals surface area contributed by atoms with Crippen molar-refractivity contribution in [3.63, 3.8) is 0 Å². The molecule has 0 rings (SSSR count). The Morgan fingerprint density at radius 1 is 0.933 bits per heavy atom. The summed E-state index contributed by atoms with van der Waals surface area (Å²) in [6.45, 7) is -0.198. The number of esters is 1. The Kier molecular flexibility index (Phi) is 18.4. The molecule has 0 spiro atoms. The van der Waals surface area contributed by atoms with Crippen molar-refractivity contribution in [1.82, 2.24) is 0 Å². The van der Waals surface area contributed by atoms with E-state index in [0.29, 0.717) is 6.42 Å². The number of ether oxygens (including phenoxy) is 1. The zero-order valence-corrected chi connectivity index (χ0v) is 18.9. The van der Waals surface area contributed by atoms with Crippen LogP contribution in [0.5, 0.6) is 0 Å². The first-order chi connectivity index (χ1) is 14.3. The normalized spacial score (nSPS) is 15.8. The molecule has 3 atom stereocenters. The van der Waals surface area contributed by atoms with Crippen LogP contribution in [-0.4, -0.2) is 64.8 Å². The van der Waals surface area contributed by atoms with Crippen molar-refractivity contribution in [1.29, 1.82) is 0 Å². The van der Waals surface area contributed by atoms with Gasteiger partial charge in [0.05, 0.1) is 26.4 Å². The number of phosphoric ester groups is 1. The van der Waals surface area contributed by atoms with E-state index in [1.165, 1.54) is 19.3 Å². The van der Waals surface area contributed by atoms with Crippen LogP contribution in [0.4, 0.5) is 0 Å². The van der Waals surface area contributed by atoms with Crippen LogP contribution in [0.15, 0.2) is 12.2 Å². The predicted octanol–water partition coefficient (Wildman–Crippen LogP) is 2.85. The lowest BCUT2D eigenvalue weighted by Crippen LogP contribution is -2.27. The van der Waals surface area contributed by atoms with Gasteiger partial charge >= 0.3 is 13.8 Å². The second-order valence-corrected chi connectivity index (χ2v) is 8.54. The fraction of sp³-hybridized carbons (Fsp3) is 0.850. The number of carbonyl (C=O) groups is 1. The molecule has 0 saturated heterocycles. The van der Waals surface area contributed by atoms with E-state index in [1.807, 2.05) is 0 Å². The summed E-state index contributed by atoms with van der Waals surface area (Å²) in [5.41, 5.74) is 0. The molecule has 0 aromatic heterocycles. The molecule has 0 aliphatic rings. The molecule has 0 aromatic carbocycles. The van der Waals surface area contributed by atoms with E-state index in [1.54, 1.807) is 0 Å². The molecule has 9 nitrogen and oxygen atoms in total. The van der Waals surface area contributed by atoms with Crippen molar-refractivity contribution in [3.8, 4) is 0 Å². The fourth-order valence-electron chi connectivity index (χ4n) is 2.52. The third-order valence-electron chi connectivity index (χ3n) is 4.22. The van der Waals surface area contributed by atoms with Crippen LogP contribution in [0.25, 0.3) is 0 Å². The summed E-state index contributed by atoms with van der Waals surface area (Å²) in [5, 5.41) is 27.0. The lowest BCUT2D eigenvalue weighted by molar-refractivity contribution is -0.153. The number of carbonyl (C=O) groups excluding carboxylic acids is 1. The maximum atomic E-state index is 11.8. The van der Waals surface area contributed by atoms with Gasteiger partial charge in [0, 0.05) is 6.42 Å². The van der Waals surface area contributed by atoms with Gasteiger partial charge in [-0.1, -0.05) is 51.2 Å². The zero-order valence-electron chi connectivity index (χ0n) is 18.0. The molecule has 0 aromatic rings. The largest absolute Gasteiger partial charge is 0.472 e. The first-order valence-electron chi connectivity index (χ1n) is 10.7. The van der Waals surface area contributed by atoms with Gasteiger partial charge < -0.3 is 24.9 Å². The maximum Gasteiger partial charge on any atom is 0.472 e. The minimum atomic E-state index is -4.50. The van der Waals surface area contributed by atoms with Crippen LogP contribution in [0.2, 0.25) is 0 Å². The van der Waals surface area contributed by atoms with Gasteiger partial charge in [-0.25, -0.2) is 4.57 Å². The molecule has 0 aliphatic carbocycles. The number of rotatable bonds is 20. The first-order valence-corrected chi connectivity index (χ1v) is 12.2. The summed E-state index contributed by atoms with van der Waals surface area (Å²) >= 11 is 0. The van der Waals surface area contributed by atoms with Crippen LogP contribution < -0.4 is 0 Å². The molecular weight excluding hydrogens is 415 g/mol. The molecule has 0 amide bonds. The van der Waals surface area contributed by atoms with Crippen molar-refractivity contribution in [2.45, 2.75) is 83.3 Å². The maximum absolute atomic E-state index is 11.8. The van der Waals surface area contributed by atoms with E-state index >= 15 is 0 Å². The zero-order chi connectivity index (χ0) is 22.7. The van der Waals surface area contributed by atoms with Gasteiger partial charge in [-0.3, -0.25) is 13.8 Å². The average molecular weight is 454 g/mol. The Morgan fingerprint density at radius 3 is 2.13 bits per heavy atom. The Balaban J connectivity index is 3.82. The summed E-state index contributed by atoms with van der Waals surface area (Å²) in [6, 6.07) is 0. The van der Waals surface area contributed by atoms with Gasteiger partial charge in [0.15, 0.2) is 0 Å². The molecule has 0 bridgehead atoms. The van der Waals surface area contributed by atoms with Crippen molar-refractivity contribution >= 4 is 13.8 Å². The van der Waals surface area contributed by atoms with Crippen molar-refractivity contribution in [2.24, 2.45) is 0 Å². The molecule has 30 heavy (non-hydrogen) atoms. The van der Waals surface area contributed by atoms with E-state index < -0.39 is 52.4 Å². The Bertz CT molecular complexity index is 499. The summed E-state index contributed by atoms with van der Waals surface area (Å²) < 4.78 is 25.8. The lowest BCUT2D eigenvalue weighted by atomic mass is 10.1. The summed E-state index contributed by atoms with van der Waals surface area (Å²) in [5.74, 6) is -0.509. The first kappa shape index (κ1) is 29.2. The SMILES string of the molecule is CC/C=C/CCCCCCCCCC(=O)O[C@H](CO)COP(=O)(O)OC[C@@H](O)CO. The molecule has 178 valence electrons. The van der Waals surface area contributed by atoms with E-state index in [9.17, 15) is 19.4 Å². The molecule has 0 fully saturated rings. The standard InChI is InChI=1S/C20H39O9P/c1-2-3-4-5-6-7-8-9-10-11-12-13-20(24)29-19(15-22)17-28-30(25,26)27-16-18(23)14-21/h3-4,18-19,21-23H,2,5-17H2,1H3,(H,25,26)/b4-3+/t18-,19+/m0/s1. The van der Waals surface area contributed by atoms with Crippen molar-refractivity contribution in [3.05, 3.63) is 12.2 Å². The molecule has 0 radical (unpaired) electrons. The summed E-state index contributed by atoms with van der Waals surface area (Å²) in [6.07, 6.45) is 11.8. The van der Waals surface area contributed by atoms with Crippen molar-refractivity contribution in [2.75, 3.05) is 26.4 Å². The van der Waals surface area contributed by atoms with Crippen molar-refractivity contribution < 1.29 is 43.4 Å². The van der Waals surface area contributed by atoms with E-state index in [0.717, 1.165) is 32.1 Å². The molecule has 10 heteroatoms. The molecular formula is C20H39O9P. The smallest absolute Gasteiger partial charge is 0.457 e. The monoisotopic (exact) mass is 454 g/mol. The number of hydrogen-bond donors (Lipinski definition) is 4. The second-order valence-electron chi connectivity index (χ2n) is 7.08. The Hall–Kier alpha value is -0.800. The third kappa shape index (κ3) is 18.0. The lowest BCUT2D eigenvalue weighted by Gasteiger charge is -2.18. The Morgan fingerprint density at radius 2 is 1.53 bits per heavy atom. The third-order valence-corrected chi connectivity index (χ3v) is 5.17. The molecule has 0 aliphatic heterocycles. The van der Waals surface area contributed by atoms with E-state index in [4.69, 9.17) is 14.9 Å². The molecule has 0 heterocycles. The van der Waals surface area contributed by atoms with Gasteiger partial charge in [-0.05, 0) is 25.7 Å². The summed E-state index contributed by atoms with van der Waals surface area (Å²) in [7, 11) is -4.50. The highest BCUT2D eigenvalue weighted by Gasteiger charge is 2.25. The summed E-state index contributed by atoms with van der Waals surface area (Å²) in [4.78, 5) is 21.3. The highest BCUT2D eigenvalue weighted by molar-refractivity contribution is 7.47. The van der Waals surface area contributed by atoms with Gasteiger partial charge in [0.1, 0.15) is 12.2 Å². The quantitative estimate of drug-likeness (QED) is 0.0945. The number of aliphatic hydroxyl groups excluding tert-OH is 3. The van der Waals surface area contributed by atoms with E-state index in [2.05, 4.69) is 28.1 Å². The minimum Gasteiger partial charge on any atom is -0.457 e. The molecule has 0 saturated carbocycles. The average Bonchev–Trinajstić information content (AvgIpc) is 2.73. The fourth-order valence-corrected chi connectivity index (χ4v) is 3.31. The number of hydrogen-bond acceptors (Lipinski definition) is 8. The van der Waals surface area contributed by atoms with Crippen LogP contribution in [0.3, 0.4) is 0 Å².